The maximum atomic E-state index is 12.6. The number of thiazole rings is 1. The smallest absolute Gasteiger partial charge is 0.251 e. The predicted molar refractivity (Wildman–Crippen MR) is 97.7 cm³/mol. The molecule has 2 heterocycles. The Morgan fingerprint density at radius 3 is 3.04 bits per heavy atom. The highest BCUT2D eigenvalue weighted by Crippen LogP contribution is 2.23. The summed E-state index contributed by atoms with van der Waals surface area (Å²) in [5.74, 6) is -0.0771. The van der Waals surface area contributed by atoms with Gasteiger partial charge in [0.25, 0.3) is 5.91 Å². The maximum absolute atomic E-state index is 12.6. The lowest BCUT2D eigenvalue weighted by atomic mass is 10.0. The molecule has 1 aromatic carbocycles. The van der Waals surface area contributed by atoms with Crippen molar-refractivity contribution in [2.75, 3.05) is 13.1 Å². The molecule has 1 saturated heterocycles. The molecule has 25 heavy (non-hydrogen) atoms. The van der Waals surface area contributed by atoms with E-state index < -0.39 is 6.10 Å². The van der Waals surface area contributed by atoms with E-state index in [0.717, 1.165) is 38.0 Å². The molecule has 0 spiro atoms. The van der Waals surface area contributed by atoms with Crippen LogP contribution in [0.15, 0.2) is 29.1 Å². The Balaban J connectivity index is 1.34. The summed E-state index contributed by atoms with van der Waals surface area (Å²) in [5, 5.41) is 15.5. The molecular weight excluding hydrogens is 334 g/mol. The number of benzene rings is 1. The van der Waals surface area contributed by atoms with Crippen molar-refractivity contribution < 1.29 is 9.90 Å². The average molecular weight is 357 g/mol. The van der Waals surface area contributed by atoms with E-state index in [1.165, 1.54) is 17.5 Å². The number of β-amino-alcohol motifs (C(OH)–C–C–N with tert-alkyl or cyclic N) is 1. The number of aliphatic hydroxyl groups is 1. The standard InChI is InChI=1S/C19H23N3O2S/c23-18-10-22(9-16-11-25-12-20-16)7-6-17(18)21-19(24)15-5-4-13-2-1-3-14(13)8-15/h4-5,8,11-12,17-18,23H,1-3,6-7,9-10H2,(H,21,24)/t17-,18-/m1/s1. The summed E-state index contributed by atoms with van der Waals surface area (Å²) in [6.45, 7) is 2.17. The average Bonchev–Trinajstić information content (AvgIpc) is 3.27. The van der Waals surface area contributed by atoms with Gasteiger partial charge in [-0.15, -0.1) is 11.3 Å². The van der Waals surface area contributed by atoms with Gasteiger partial charge in [0, 0.05) is 30.6 Å². The lowest BCUT2D eigenvalue weighted by molar-refractivity contribution is 0.0346. The fourth-order valence-electron chi connectivity index (χ4n) is 3.82. The van der Waals surface area contributed by atoms with Gasteiger partial charge in [-0.3, -0.25) is 9.69 Å². The van der Waals surface area contributed by atoms with E-state index in [9.17, 15) is 9.90 Å². The van der Waals surface area contributed by atoms with Crippen molar-refractivity contribution in [3.63, 3.8) is 0 Å². The number of carbonyl (C=O) groups is 1. The minimum Gasteiger partial charge on any atom is -0.390 e. The van der Waals surface area contributed by atoms with Crippen LogP contribution in [-0.2, 0) is 19.4 Å². The molecule has 2 atom stereocenters. The van der Waals surface area contributed by atoms with Gasteiger partial charge in [-0.2, -0.15) is 0 Å². The van der Waals surface area contributed by atoms with Crippen molar-refractivity contribution in [2.45, 2.75) is 44.4 Å². The fraction of sp³-hybridized carbons (Fsp3) is 0.474. The van der Waals surface area contributed by atoms with E-state index in [0.29, 0.717) is 12.1 Å². The molecule has 1 aliphatic heterocycles. The Morgan fingerprint density at radius 2 is 2.24 bits per heavy atom. The second kappa shape index (κ2) is 7.23. The first-order chi connectivity index (χ1) is 12.2. The molecule has 1 aromatic heterocycles. The summed E-state index contributed by atoms with van der Waals surface area (Å²) in [5.41, 5.74) is 6.24. The van der Waals surface area contributed by atoms with E-state index >= 15 is 0 Å². The highest BCUT2D eigenvalue weighted by molar-refractivity contribution is 7.07. The normalized spacial score (nSPS) is 23.4. The van der Waals surface area contributed by atoms with Crippen molar-refractivity contribution >= 4 is 17.2 Å². The summed E-state index contributed by atoms with van der Waals surface area (Å²) in [7, 11) is 0. The number of carbonyl (C=O) groups excluding carboxylic acids is 1. The third-order valence-corrected chi connectivity index (χ3v) is 5.85. The lowest BCUT2D eigenvalue weighted by Crippen LogP contribution is -2.53. The van der Waals surface area contributed by atoms with Crippen molar-refractivity contribution in [3.05, 3.63) is 51.5 Å². The van der Waals surface area contributed by atoms with Gasteiger partial charge < -0.3 is 10.4 Å². The number of fused-ring (bicyclic) bond motifs is 1. The first-order valence-electron chi connectivity index (χ1n) is 8.89. The summed E-state index contributed by atoms with van der Waals surface area (Å²) < 4.78 is 0. The van der Waals surface area contributed by atoms with Gasteiger partial charge in [0.15, 0.2) is 0 Å². The predicted octanol–water partition coefficient (Wildman–Crippen LogP) is 2.00. The van der Waals surface area contributed by atoms with Crippen molar-refractivity contribution in [1.82, 2.24) is 15.2 Å². The third-order valence-electron chi connectivity index (χ3n) is 5.21. The van der Waals surface area contributed by atoms with E-state index in [-0.39, 0.29) is 11.9 Å². The van der Waals surface area contributed by atoms with Gasteiger partial charge in [0.2, 0.25) is 0 Å². The molecular formula is C19H23N3O2S. The van der Waals surface area contributed by atoms with E-state index in [4.69, 9.17) is 0 Å². The van der Waals surface area contributed by atoms with E-state index in [2.05, 4.69) is 21.3 Å². The van der Waals surface area contributed by atoms with Crippen molar-refractivity contribution in [2.24, 2.45) is 0 Å². The zero-order valence-corrected chi connectivity index (χ0v) is 15.0. The van der Waals surface area contributed by atoms with Crippen LogP contribution in [0.3, 0.4) is 0 Å². The van der Waals surface area contributed by atoms with Gasteiger partial charge >= 0.3 is 0 Å². The van der Waals surface area contributed by atoms with Gasteiger partial charge in [-0.1, -0.05) is 6.07 Å². The van der Waals surface area contributed by atoms with Crippen LogP contribution in [0.5, 0.6) is 0 Å². The monoisotopic (exact) mass is 357 g/mol. The molecule has 2 aromatic rings. The van der Waals surface area contributed by atoms with E-state index in [1.807, 2.05) is 23.0 Å². The number of rotatable bonds is 4. The van der Waals surface area contributed by atoms with Crippen LogP contribution in [0.2, 0.25) is 0 Å². The number of aryl methyl sites for hydroxylation is 2. The topological polar surface area (TPSA) is 65.5 Å². The Bertz CT molecular complexity index is 747. The molecule has 1 amide bonds. The maximum Gasteiger partial charge on any atom is 0.251 e. The second-order valence-corrected chi connectivity index (χ2v) is 7.71. The third kappa shape index (κ3) is 3.76. The molecule has 0 unspecified atom stereocenters. The first-order valence-corrected chi connectivity index (χ1v) is 9.83. The SMILES string of the molecule is O=C(N[C@@H]1CCN(Cc2cscn2)C[C@H]1O)c1ccc2c(c1)CCC2. The van der Waals surface area contributed by atoms with Crippen molar-refractivity contribution in [1.29, 1.82) is 0 Å². The number of likely N-dealkylation sites (tertiary alicyclic amines) is 1. The minimum absolute atomic E-state index is 0.0771. The largest absolute Gasteiger partial charge is 0.390 e. The van der Waals surface area contributed by atoms with Crippen LogP contribution in [-0.4, -0.2) is 46.1 Å². The molecule has 132 valence electrons. The molecule has 1 aliphatic carbocycles. The molecule has 5 nitrogen and oxygen atoms in total. The summed E-state index contributed by atoms with van der Waals surface area (Å²) >= 11 is 1.59. The van der Waals surface area contributed by atoms with Gasteiger partial charge in [0.05, 0.1) is 23.4 Å². The van der Waals surface area contributed by atoms with Crippen LogP contribution in [0.1, 0.15) is 40.0 Å². The second-order valence-electron chi connectivity index (χ2n) is 6.99. The number of piperidine rings is 1. The quantitative estimate of drug-likeness (QED) is 0.878. The van der Waals surface area contributed by atoms with Crippen LogP contribution in [0, 0.1) is 0 Å². The highest BCUT2D eigenvalue weighted by atomic mass is 32.1. The van der Waals surface area contributed by atoms with Gasteiger partial charge in [-0.05, 0) is 48.9 Å². The van der Waals surface area contributed by atoms with E-state index in [1.54, 1.807) is 11.3 Å². The molecule has 4 rings (SSSR count). The number of nitrogens with one attached hydrogen (secondary N) is 1. The van der Waals surface area contributed by atoms with Crippen LogP contribution in [0.25, 0.3) is 0 Å². The molecule has 0 radical (unpaired) electrons. The fourth-order valence-corrected chi connectivity index (χ4v) is 4.37. The molecule has 0 saturated carbocycles. The Morgan fingerprint density at radius 1 is 1.36 bits per heavy atom. The van der Waals surface area contributed by atoms with Gasteiger partial charge in [-0.25, -0.2) is 4.98 Å². The molecule has 1 fully saturated rings. The highest BCUT2D eigenvalue weighted by Gasteiger charge is 2.29. The molecule has 2 N–H and O–H groups in total. The van der Waals surface area contributed by atoms with Crippen LogP contribution < -0.4 is 5.32 Å². The number of aromatic nitrogens is 1. The lowest BCUT2D eigenvalue weighted by Gasteiger charge is -2.36. The van der Waals surface area contributed by atoms with Crippen LogP contribution >= 0.6 is 11.3 Å². The number of hydrogen-bond acceptors (Lipinski definition) is 5. The number of hydrogen-bond donors (Lipinski definition) is 2. The summed E-state index contributed by atoms with van der Waals surface area (Å²) in [4.78, 5) is 19.0. The minimum atomic E-state index is -0.550. The number of aliphatic hydroxyl groups excluding tert-OH is 1. The van der Waals surface area contributed by atoms with Crippen LogP contribution in [0.4, 0.5) is 0 Å². The molecule has 6 heteroatoms. The Kier molecular flexibility index (Phi) is 4.83. The first kappa shape index (κ1) is 16.7. The van der Waals surface area contributed by atoms with Crippen molar-refractivity contribution in [3.8, 4) is 0 Å². The Labute approximate surface area is 151 Å². The number of nitrogens with zero attached hydrogens (tertiary/aromatic N) is 2. The molecule has 0 bridgehead atoms. The zero-order valence-electron chi connectivity index (χ0n) is 14.1. The molecule has 2 aliphatic rings. The summed E-state index contributed by atoms with van der Waals surface area (Å²) in [6.07, 6.45) is 3.56. The summed E-state index contributed by atoms with van der Waals surface area (Å²) in [6, 6.07) is 5.81. The zero-order chi connectivity index (χ0) is 17.2. The Hall–Kier alpha value is -1.76. The number of amides is 1. The van der Waals surface area contributed by atoms with Gasteiger partial charge in [0.1, 0.15) is 0 Å².